The predicted molar refractivity (Wildman–Crippen MR) is 146 cm³/mol. The summed E-state index contributed by atoms with van der Waals surface area (Å²) in [6.07, 6.45) is 4.22. The molecule has 1 saturated carbocycles. The van der Waals surface area contributed by atoms with Crippen LogP contribution in [0.1, 0.15) is 62.0 Å². The van der Waals surface area contributed by atoms with Crippen molar-refractivity contribution in [2.75, 3.05) is 45.3 Å². The van der Waals surface area contributed by atoms with Crippen LogP contribution in [0.3, 0.4) is 0 Å². The van der Waals surface area contributed by atoms with Gasteiger partial charge in [0.1, 0.15) is 24.1 Å². The molecular weight excluding hydrogens is 541 g/mol. The van der Waals surface area contributed by atoms with Gasteiger partial charge >= 0.3 is 5.97 Å². The highest BCUT2D eigenvalue weighted by molar-refractivity contribution is 5.91. The van der Waals surface area contributed by atoms with E-state index in [1.807, 2.05) is 4.90 Å². The molecule has 0 radical (unpaired) electrons. The summed E-state index contributed by atoms with van der Waals surface area (Å²) in [7, 11) is 1.43. The van der Waals surface area contributed by atoms with E-state index in [4.69, 9.17) is 9.72 Å². The fourth-order valence-corrected chi connectivity index (χ4v) is 5.31. The maximum Gasteiger partial charge on any atom is 0.326 e. The Morgan fingerprint density at radius 2 is 2.07 bits per heavy atom. The summed E-state index contributed by atoms with van der Waals surface area (Å²) in [5.74, 6) is -1.42. The molecule has 0 saturated heterocycles. The molecule has 226 valence electrons. The Hall–Kier alpha value is -3.19. The van der Waals surface area contributed by atoms with Gasteiger partial charge in [-0.3, -0.25) is 4.79 Å². The zero-order valence-electron chi connectivity index (χ0n) is 23.3. The van der Waals surface area contributed by atoms with Crippen LogP contribution in [0, 0.1) is 0 Å². The molecule has 0 aromatic carbocycles. The number of pyridine rings is 1. The van der Waals surface area contributed by atoms with E-state index < -0.39 is 48.5 Å². The van der Waals surface area contributed by atoms with Crippen LogP contribution in [0.2, 0.25) is 0 Å². The number of alkyl halides is 3. The fourth-order valence-electron chi connectivity index (χ4n) is 5.31. The summed E-state index contributed by atoms with van der Waals surface area (Å²) < 4.78 is 46.6. The van der Waals surface area contributed by atoms with Crippen LogP contribution >= 0.6 is 0 Å². The lowest BCUT2D eigenvalue weighted by Gasteiger charge is -2.28. The molecular formula is C28H39F3N6O4. The van der Waals surface area contributed by atoms with E-state index >= 15 is 0 Å². The van der Waals surface area contributed by atoms with Crippen LogP contribution in [0.15, 0.2) is 24.5 Å². The number of fused-ring (bicyclic) bond motifs is 1. The number of carbonyl (C=O) groups excluding carboxylic acids is 1. The minimum absolute atomic E-state index is 0.0591. The van der Waals surface area contributed by atoms with Crippen LogP contribution in [-0.4, -0.2) is 88.5 Å². The molecule has 0 spiro atoms. The Labute approximate surface area is 237 Å². The molecule has 0 bridgehead atoms. The number of ether oxygens (including phenoxy) is 1. The number of nitrogens with one attached hydrogen (secondary N) is 2. The Morgan fingerprint density at radius 1 is 1.27 bits per heavy atom. The monoisotopic (exact) mass is 580 g/mol. The molecule has 13 heteroatoms. The highest BCUT2D eigenvalue weighted by atomic mass is 19.3. The molecule has 1 aliphatic carbocycles. The Bertz CT molecular complexity index is 1170. The maximum atomic E-state index is 13.4. The standard InChI is InChI=1S/C28H39F3N6O4/c1-41-21(17-29)18-36(14-3-2-6-20-8-7-19-5-4-12-32-24(19)34-20)15-9-22(26(38)39)35-27(40)28(10-11-28)37-16-13-33-25(37)23(30)31/h7-8,13,16,21-23H,2-6,9-12,14-15,17-18H2,1H3,(H,32,34)(H,35,40)(H,38,39). The third-order valence-electron chi connectivity index (χ3n) is 7.89. The molecule has 2 unspecified atom stereocenters. The number of rotatable bonds is 17. The fraction of sp³-hybridized carbons (Fsp3) is 0.643. The summed E-state index contributed by atoms with van der Waals surface area (Å²) in [6, 6.07) is 2.93. The number of aliphatic carboxylic acids is 1. The van der Waals surface area contributed by atoms with Crippen LogP contribution in [0.25, 0.3) is 0 Å². The van der Waals surface area contributed by atoms with E-state index in [0.717, 1.165) is 54.7 Å². The largest absolute Gasteiger partial charge is 0.480 e. The van der Waals surface area contributed by atoms with Crippen molar-refractivity contribution in [2.24, 2.45) is 0 Å². The lowest BCUT2D eigenvalue weighted by molar-refractivity contribution is -0.143. The van der Waals surface area contributed by atoms with Crippen molar-refractivity contribution in [3.63, 3.8) is 0 Å². The molecule has 2 aromatic rings. The van der Waals surface area contributed by atoms with Crippen molar-refractivity contribution in [1.82, 2.24) is 24.8 Å². The highest BCUT2D eigenvalue weighted by Gasteiger charge is 2.54. The van der Waals surface area contributed by atoms with Crippen LogP contribution in [0.5, 0.6) is 0 Å². The van der Waals surface area contributed by atoms with Gasteiger partial charge < -0.3 is 29.9 Å². The van der Waals surface area contributed by atoms with Gasteiger partial charge in [0.15, 0.2) is 5.82 Å². The second kappa shape index (κ2) is 14.1. The van der Waals surface area contributed by atoms with Gasteiger partial charge in [0.25, 0.3) is 6.43 Å². The minimum atomic E-state index is -2.86. The van der Waals surface area contributed by atoms with Crippen molar-refractivity contribution >= 4 is 17.7 Å². The zero-order valence-corrected chi connectivity index (χ0v) is 23.3. The Balaban J connectivity index is 1.32. The van der Waals surface area contributed by atoms with Gasteiger partial charge in [0, 0.05) is 44.8 Å². The Kier molecular flexibility index (Phi) is 10.6. The topological polar surface area (TPSA) is 122 Å². The molecule has 3 heterocycles. The molecule has 1 fully saturated rings. The van der Waals surface area contributed by atoms with Crippen LogP contribution in [0.4, 0.5) is 19.0 Å². The first kappa shape index (κ1) is 30.8. The van der Waals surface area contributed by atoms with E-state index in [0.29, 0.717) is 19.4 Å². The summed E-state index contributed by atoms with van der Waals surface area (Å²) in [6.45, 7) is 1.37. The first-order valence-electron chi connectivity index (χ1n) is 14.2. The summed E-state index contributed by atoms with van der Waals surface area (Å²) in [4.78, 5) is 35.5. The second-order valence-corrected chi connectivity index (χ2v) is 10.8. The molecule has 3 N–H and O–H groups in total. The van der Waals surface area contributed by atoms with Gasteiger partial charge in [0.2, 0.25) is 5.91 Å². The predicted octanol–water partition coefficient (Wildman–Crippen LogP) is 3.33. The summed E-state index contributed by atoms with van der Waals surface area (Å²) in [5.41, 5.74) is 0.972. The van der Waals surface area contributed by atoms with Crippen molar-refractivity contribution in [2.45, 2.75) is 75.5 Å². The summed E-state index contributed by atoms with van der Waals surface area (Å²) >= 11 is 0. The quantitative estimate of drug-likeness (QED) is 0.244. The number of hydrogen-bond acceptors (Lipinski definition) is 7. The molecule has 4 rings (SSSR count). The number of methoxy groups -OCH3 is 1. The second-order valence-electron chi connectivity index (χ2n) is 10.8. The number of halogens is 3. The number of carbonyl (C=O) groups is 2. The van der Waals surface area contributed by atoms with E-state index in [1.165, 1.54) is 25.1 Å². The van der Waals surface area contributed by atoms with Gasteiger partial charge in [0.05, 0.1) is 6.10 Å². The number of imidazole rings is 1. The van der Waals surface area contributed by atoms with Crippen molar-refractivity contribution in [3.8, 4) is 0 Å². The van der Waals surface area contributed by atoms with Gasteiger partial charge in [-0.05, 0) is 69.5 Å². The highest BCUT2D eigenvalue weighted by Crippen LogP contribution is 2.45. The molecule has 1 aliphatic heterocycles. The molecule has 2 aliphatic rings. The Morgan fingerprint density at radius 3 is 2.76 bits per heavy atom. The number of nitrogens with zero attached hydrogens (tertiary/aromatic N) is 4. The molecule has 41 heavy (non-hydrogen) atoms. The normalized spacial score (nSPS) is 17.1. The first-order valence-corrected chi connectivity index (χ1v) is 14.2. The third-order valence-corrected chi connectivity index (χ3v) is 7.89. The molecule has 1 amide bonds. The van der Waals surface area contributed by atoms with Gasteiger partial charge in [-0.15, -0.1) is 0 Å². The molecule has 2 atom stereocenters. The smallest absolute Gasteiger partial charge is 0.326 e. The number of amides is 1. The van der Waals surface area contributed by atoms with E-state index in [1.54, 1.807) is 0 Å². The number of unbranched alkanes of at least 4 members (excludes halogenated alkanes) is 1. The minimum Gasteiger partial charge on any atom is -0.480 e. The van der Waals surface area contributed by atoms with E-state index in [-0.39, 0.29) is 19.5 Å². The van der Waals surface area contributed by atoms with Crippen LogP contribution < -0.4 is 10.6 Å². The number of anilines is 1. The van der Waals surface area contributed by atoms with Gasteiger partial charge in [-0.2, -0.15) is 0 Å². The summed E-state index contributed by atoms with van der Waals surface area (Å²) in [5, 5.41) is 15.7. The number of carboxylic acids is 1. The van der Waals surface area contributed by atoms with E-state index in [2.05, 4.69) is 27.8 Å². The molecule has 2 aromatic heterocycles. The number of aromatic nitrogens is 3. The first-order chi connectivity index (χ1) is 19.8. The number of carboxylic acid groups (broad SMARTS) is 1. The van der Waals surface area contributed by atoms with Crippen LogP contribution in [-0.2, 0) is 32.7 Å². The average Bonchev–Trinajstić information content (AvgIpc) is 3.63. The lowest BCUT2D eigenvalue weighted by Crippen LogP contribution is -2.49. The number of hydrogen-bond donors (Lipinski definition) is 3. The third kappa shape index (κ3) is 7.76. The van der Waals surface area contributed by atoms with Crippen molar-refractivity contribution in [3.05, 3.63) is 41.6 Å². The molecule has 10 nitrogen and oxygen atoms in total. The van der Waals surface area contributed by atoms with Gasteiger partial charge in [-0.1, -0.05) is 6.07 Å². The maximum absolute atomic E-state index is 13.4. The average molecular weight is 581 g/mol. The SMILES string of the molecule is COC(CF)CN(CCCCc1ccc2c(n1)NCCC2)CCC(NC(=O)C1(n2ccnc2C(F)F)CC1)C(=O)O. The number of aryl methyl sites for hydroxylation is 2. The van der Waals surface area contributed by atoms with Crippen molar-refractivity contribution < 1.29 is 32.6 Å². The van der Waals surface area contributed by atoms with Gasteiger partial charge in [-0.25, -0.2) is 27.9 Å². The van der Waals surface area contributed by atoms with E-state index in [9.17, 15) is 27.9 Å². The lowest BCUT2D eigenvalue weighted by atomic mass is 10.1. The van der Waals surface area contributed by atoms with Crippen molar-refractivity contribution in [1.29, 1.82) is 0 Å². The zero-order chi connectivity index (χ0) is 29.4.